The van der Waals surface area contributed by atoms with Crippen LogP contribution in [0.25, 0.3) is 0 Å². The van der Waals surface area contributed by atoms with Crippen molar-refractivity contribution in [2.45, 2.75) is 38.0 Å². The number of carbonyl (C=O) groups excluding carboxylic acids is 1. The quantitative estimate of drug-likeness (QED) is 0.260. The van der Waals surface area contributed by atoms with Crippen molar-refractivity contribution in [2.24, 2.45) is 5.92 Å². The van der Waals surface area contributed by atoms with E-state index >= 15 is 0 Å². The molecular formula is C35H42N2O6. The molecule has 4 aliphatic heterocycles. The fourth-order valence-corrected chi connectivity index (χ4v) is 6.42. The van der Waals surface area contributed by atoms with Crippen molar-refractivity contribution in [3.8, 4) is 11.5 Å². The van der Waals surface area contributed by atoms with E-state index in [4.69, 9.17) is 23.7 Å². The highest BCUT2D eigenvalue weighted by Gasteiger charge is 2.39. The van der Waals surface area contributed by atoms with Crippen LogP contribution in [0.4, 0.5) is 4.79 Å². The SMILES string of the molecule is COCCOCCOc1ccc(COc2ccc(C3c4ccccc4CCN3C(=O)O[C@@H]3CN4CCC3CC4)cc2)cc1. The number of hydrogen-bond donors (Lipinski definition) is 0. The molecule has 7 rings (SSSR count). The largest absolute Gasteiger partial charge is 0.491 e. The third-order valence-electron chi connectivity index (χ3n) is 8.82. The van der Waals surface area contributed by atoms with Crippen molar-refractivity contribution >= 4 is 6.09 Å². The Morgan fingerprint density at radius 1 is 0.814 bits per heavy atom. The number of amides is 1. The van der Waals surface area contributed by atoms with Gasteiger partial charge >= 0.3 is 6.09 Å². The summed E-state index contributed by atoms with van der Waals surface area (Å²) in [6, 6.07) is 24.3. The van der Waals surface area contributed by atoms with Crippen molar-refractivity contribution in [3.63, 3.8) is 0 Å². The lowest BCUT2D eigenvalue weighted by molar-refractivity contribution is -0.0462. The second-order valence-electron chi connectivity index (χ2n) is 11.6. The van der Waals surface area contributed by atoms with E-state index in [1.54, 1.807) is 7.11 Å². The lowest BCUT2D eigenvalue weighted by Crippen LogP contribution is -2.53. The molecule has 0 spiro atoms. The van der Waals surface area contributed by atoms with Gasteiger partial charge in [-0.1, -0.05) is 48.5 Å². The maximum Gasteiger partial charge on any atom is 0.410 e. The Morgan fingerprint density at radius 2 is 1.53 bits per heavy atom. The molecule has 3 aromatic rings. The van der Waals surface area contributed by atoms with Crippen LogP contribution in [-0.2, 0) is 27.2 Å². The molecule has 228 valence electrons. The topological polar surface area (TPSA) is 69.7 Å². The molecule has 43 heavy (non-hydrogen) atoms. The van der Waals surface area contributed by atoms with Crippen LogP contribution in [0.3, 0.4) is 0 Å². The van der Waals surface area contributed by atoms with Gasteiger partial charge in [0.1, 0.15) is 30.8 Å². The normalized spacial score (nSPS) is 22.6. The van der Waals surface area contributed by atoms with Crippen molar-refractivity contribution in [2.75, 3.05) is 59.7 Å². The molecule has 4 aliphatic rings. The predicted molar refractivity (Wildman–Crippen MR) is 164 cm³/mol. The molecule has 2 bridgehead atoms. The Hall–Kier alpha value is -3.59. The number of hydrogen-bond acceptors (Lipinski definition) is 7. The van der Waals surface area contributed by atoms with Gasteiger partial charge in [-0.25, -0.2) is 4.79 Å². The Morgan fingerprint density at radius 3 is 2.28 bits per heavy atom. The first-order valence-electron chi connectivity index (χ1n) is 15.5. The lowest BCUT2D eigenvalue weighted by Gasteiger charge is -2.45. The highest BCUT2D eigenvalue weighted by Crippen LogP contribution is 2.37. The van der Waals surface area contributed by atoms with Crippen molar-refractivity contribution in [1.82, 2.24) is 9.80 Å². The number of carbonyl (C=O) groups is 1. The van der Waals surface area contributed by atoms with E-state index in [-0.39, 0.29) is 18.2 Å². The zero-order valence-electron chi connectivity index (χ0n) is 25.0. The second-order valence-corrected chi connectivity index (χ2v) is 11.6. The first-order chi connectivity index (χ1) is 21.2. The van der Waals surface area contributed by atoms with Crippen LogP contribution in [0.2, 0.25) is 0 Å². The van der Waals surface area contributed by atoms with Gasteiger partial charge in [0, 0.05) is 20.2 Å². The summed E-state index contributed by atoms with van der Waals surface area (Å²) in [7, 11) is 1.66. The Labute approximate surface area is 254 Å². The number of rotatable bonds is 12. The fraction of sp³-hybridized carbons (Fsp3) is 0.457. The number of benzene rings is 3. The first-order valence-corrected chi connectivity index (χ1v) is 15.5. The van der Waals surface area contributed by atoms with E-state index in [2.05, 4.69) is 41.3 Å². The van der Waals surface area contributed by atoms with E-state index in [9.17, 15) is 4.79 Å². The molecule has 3 saturated heterocycles. The van der Waals surface area contributed by atoms with Gasteiger partial charge in [0.15, 0.2) is 0 Å². The fourth-order valence-electron chi connectivity index (χ4n) is 6.42. The molecule has 8 nitrogen and oxygen atoms in total. The minimum absolute atomic E-state index is 0.00988. The summed E-state index contributed by atoms with van der Waals surface area (Å²) in [6.45, 7) is 6.36. The van der Waals surface area contributed by atoms with Gasteiger partial charge in [0.05, 0.1) is 25.9 Å². The van der Waals surface area contributed by atoms with Gasteiger partial charge in [-0.3, -0.25) is 9.80 Å². The molecule has 0 aliphatic carbocycles. The van der Waals surface area contributed by atoms with E-state index in [0.29, 0.717) is 45.5 Å². The number of fused-ring (bicyclic) bond motifs is 4. The molecule has 4 heterocycles. The summed E-state index contributed by atoms with van der Waals surface area (Å²) >= 11 is 0. The summed E-state index contributed by atoms with van der Waals surface area (Å²) in [4.78, 5) is 18.0. The van der Waals surface area contributed by atoms with Crippen LogP contribution in [0, 0.1) is 5.92 Å². The van der Waals surface area contributed by atoms with Gasteiger partial charge in [-0.05, 0) is 84.8 Å². The molecule has 0 radical (unpaired) electrons. The number of ether oxygens (including phenoxy) is 5. The molecule has 0 N–H and O–H groups in total. The average Bonchev–Trinajstić information content (AvgIpc) is 3.06. The zero-order chi connectivity index (χ0) is 29.4. The summed E-state index contributed by atoms with van der Waals surface area (Å²) in [5.74, 6) is 2.06. The van der Waals surface area contributed by atoms with Crippen LogP contribution >= 0.6 is 0 Å². The number of methoxy groups -OCH3 is 1. The highest BCUT2D eigenvalue weighted by molar-refractivity contribution is 5.70. The van der Waals surface area contributed by atoms with Gasteiger partial charge in [0.2, 0.25) is 0 Å². The Kier molecular flexibility index (Phi) is 9.77. The predicted octanol–water partition coefficient (Wildman–Crippen LogP) is 5.49. The summed E-state index contributed by atoms with van der Waals surface area (Å²) in [5.41, 5.74) is 4.55. The molecule has 3 aromatic carbocycles. The van der Waals surface area contributed by atoms with Gasteiger partial charge < -0.3 is 23.7 Å². The van der Waals surface area contributed by atoms with Gasteiger partial charge in [-0.2, -0.15) is 0 Å². The third-order valence-corrected chi connectivity index (χ3v) is 8.82. The van der Waals surface area contributed by atoms with Crippen LogP contribution in [-0.4, -0.2) is 81.7 Å². The smallest absolute Gasteiger partial charge is 0.410 e. The molecule has 1 unspecified atom stereocenters. The van der Waals surface area contributed by atoms with Crippen molar-refractivity contribution in [1.29, 1.82) is 0 Å². The molecule has 3 fully saturated rings. The average molecular weight is 587 g/mol. The van der Waals surface area contributed by atoms with Crippen LogP contribution in [0.1, 0.15) is 41.1 Å². The van der Waals surface area contributed by atoms with E-state index in [1.807, 2.05) is 41.3 Å². The zero-order valence-corrected chi connectivity index (χ0v) is 25.0. The first kappa shape index (κ1) is 29.5. The minimum atomic E-state index is -0.204. The monoisotopic (exact) mass is 586 g/mol. The molecule has 0 saturated carbocycles. The van der Waals surface area contributed by atoms with Crippen molar-refractivity contribution in [3.05, 3.63) is 95.1 Å². The summed E-state index contributed by atoms with van der Waals surface area (Å²) in [5, 5.41) is 0. The van der Waals surface area contributed by atoms with Crippen molar-refractivity contribution < 1.29 is 28.5 Å². The van der Waals surface area contributed by atoms with Gasteiger partial charge in [-0.15, -0.1) is 0 Å². The summed E-state index contributed by atoms with van der Waals surface area (Å²) in [6.07, 6.45) is 2.85. The van der Waals surface area contributed by atoms with Crippen LogP contribution in [0.5, 0.6) is 11.5 Å². The standard InChI is InChI=1S/C35H42N2O6/c1-39-20-21-40-22-23-41-30-10-6-26(7-11-30)25-42-31-12-8-29(9-13-31)34-32-5-3-2-4-27(32)16-19-37(34)35(38)43-33-24-36-17-14-28(33)15-18-36/h2-13,28,33-34H,14-25H2,1H3/t33-,34?/m1/s1. The maximum absolute atomic E-state index is 13.6. The van der Waals surface area contributed by atoms with E-state index in [1.165, 1.54) is 5.56 Å². The maximum atomic E-state index is 13.6. The van der Waals surface area contributed by atoms with Gasteiger partial charge in [0.25, 0.3) is 0 Å². The summed E-state index contributed by atoms with van der Waals surface area (Å²) < 4.78 is 28.4. The Bertz CT molecular complexity index is 1320. The minimum Gasteiger partial charge on any atom is -0.491 e. The Balaban J connectivity index is 1.07. The number of nitrogens with zero attached hydrogens (tertiary/aromatic N) is 2. The van der Waals surface area contributed by atoms with Crippen LogP contribution < -0.4 is 9.47 Å². The lowest BCUT2D eigenvalue weighted by atomic mass is 9.86. The van der Waals surface area contributed by atoms with E-state index < -0.39 is 0 Å². The molecule has 1 amide bonds. The third kappa shape index (κ3) is 7.32. The van der Waals surface area contributed by atoms with E-state index in [0.717, 1.165) is 67.1 Å². The number of piperidine rings is 3. The highest BCUT2D eigenvalue weighted by atomic mass is 16.6. The molecular weight excluding hydrogens is 544 g/mol. The molecule has 0 aromatic heterocycles. The van der Waals surface area contributed by atoms with Crippen LogP contribution in [0.15, 0.2) is 72.8 Å². The molecule has 2 atom stereocenters. The molecule has 8 heteroatoms. The second kappa shape index (κ2) is 14.3.